The van der Waals surface area contributed by atoms with Gasteiger partial charge in [0.2, 0.25) is 5.95 Å². The summed E-state index contributed by atoms with van der Waals surface area (Å²) in [6, 6.07) is 15.2. The van der Waals surface area contributed by atoms with Crippen LogP contribution in [0.2, 0.25) is 0 Å². The Morgan fingerprint density at radius 3 is 2.33 bits per heavy atom. The Kier molecular flexibility index (Phi) is 8.31. The third kappa shape index (κ3) is 7.48. The molecule has 2 aromatic carbocycles. The monoisotopic (exact) mass is 456 g/mol. The van der Waals surface area contributed by atoms with Gasteiger partial charge in [0.1, 0.15) is 11.4 Å². The van der Waals surface area contributed by atoms with Crippen LogP contribution in [0.4, 0.5) is 36.3 Å². The van der Waals surface area contributed by atoms with E-state index in [9.17, 15) is 13.2 Å². The highest BCUT2D eigenvalue weighted by molar-refractivity contribution is 5.63. The number of alkyl halides is 3. The highest BCUT2D eigenvalue weighted by Crippen LogP contribution is 2.35. The largest absolute Gasteiger partial charge is 0.421 e. The zero-order valence-corrected chi connectivity index (χ0v) is 19.3. The molecule has 1 heterocycles. The lowest BCUT2D eigenvalue weighted by Crippen LogP contribution is -2.12. The van der Waals surface area contributed by atoms with Gasteiger partial charge in [0.15, 0.2) is 0 Å². The van der Waals surface area contributed by atoms with Crippen LogP contribution in [0.3, 0.4) is 0 Å². The Balaban J connectivity index is 1.81. The molecule has 0 fully saturated rings. The third-order valence-electron chi connectivity index (χ3n) is 5.21. The zero-order valence-electron chi connectivity index (χ0n) is 19.3. The molecule has 0 saturated carbocycles. The summed E-state index contributed by atoms with van der Waals surface area (Å²) in [5, 5.41) is 5.86. The maximum absolute atomic E-state index is 13.6. The predicted octanol–water partition coefficient (Wildman–Crippen LogP) is 7.91. The summed E-state index contributed by atoms with van der Waals surface area (Å²) in [5.74, 6) is 0.365. The molecule has 3 aromatic rings. The first-order chi connectivity index (χ1) is 15.7. The molecule has 0 amide bonds. The van der Waals surface area contributed by atoms with E-state index in [0.717, 1.165) is 43.9 Å². The van der Waals surface area contributed by atoms with Gasteiger partial charge >= 0.3 is 6.18 Å². The molecule has 176 valence electrons. The standard InChI is InChI=1S/C26H31F3N4/c1-4-5-6-8-19-9-7-10-22(16-19)31-24-23(26(27,28)29)17-30-25(33-24)32-21-13-11-20(12-14-21)15-18(2)3/h7,9-14,16-18H,4-6,8,15H2,1-3H3,(H2,30,31,32,33). The molecule has 0 aliphatic heterocycles. The molecule has 0 aliphatic carbocycles. The lowest BCUT2D eigenvalue weighted by Gasteiger charge is -2.15. The Hall–Kier alpha value is -3.09. The van der Waals surface area contributed by atoms with Gasteiger partial charge in [-0.15, -0.1) is 0 Å². The number of hydrogen-bond donors (Lipinski definition) is 2. The van der Waals surface area contributed by atoms with Crippen LogP contribution in [-0.2, 0) is 19.0 Å². The van der Waals surface area contributed by atoms with Crippen LogP contribution >= 0.6 is 0 Å². The number of hydrogen-bond acceptors (Lipinski definition) is 4. The van der Waals surface area contributed by atoms with E-state index in [1.54, 1.807) is 6.07 Å². The van der Waals surface area contributed by atoms with Crippen molar-refractivity contribution < 1.29 is 13.2 Å². The van der Waals surface area contributed by atoms with Crippen molar-refractivity contribution >= 4 is 23.1 Å². The topological polar surface area (TPSA) is 49.8 Å². The van der Waals surface area contributed by atoms with Crippen LogP contribution < -0.4 is 10.6 Å². The highest BCUT2D eigenvalue weighted by Gasteiger charge is 2.35. The molecule has 1 aromatic heterocycles. The van der Waals surface area contributed by atoms with E-state index in [4.69, 9.17) is 0 Å². The van der Waals surface area contributed by atoms with Gasteiger partial charge in [0.25, 0.3) is 0 Å². The van der Waals surface area contributed by atoms with Gasteiger partial charge in [0, 0.05) is 17.6 Å². The average Bonchev–Trinajstić information content (AvgIpc) is 2.75. The number of nitrogens with zero attached hydrogens (tertiary/aromatic N) is 2. The minimum Gasteiger partial charge on any atom is -0.340 e. The van der Waals surface area contributed by atoms with E-state index in [-0.39, 0.29) is 11.8 Å². The molecule has 0 atom stereocenters. The van der Waals surface area contributed by atoms with Gasteiger partial charge < -0.3 is 10.6 Å². The van der Waals surface area contributed by atoms with Crippen LogP contribution in [0.25, 0.3) is 0 Å². The third-order valence-corrected chi connectivity index (χ3v) is 5.21. The summed E-state index contributed by atoms with van der Waals surface area (Å²) in [5.41, 5.74) is 2.65. The zero-order chi connectivity index (χ0) is 23.8. The fourth-order valence-electron chi connectivity index (χ4n) is 3.59. The van der Waals surface area contributed by atoms with Crippen LogP contribution in [0.15, 0.2) is 54.7 Å². The van der Waals surface area contributed by atoms with Gasteiger partial charge in [-0.05, 0) is 60.6 Å². The van der Waals surface area contributed by atoms with E-state index in [0.29, 0.717) is 17.3 Å². The minimum atomic E-state index is -4.57. The molecular formula is C26H31F3N4. The van der Waals surface area contributed by atoms with E-state index in [1.165, 1.54) is 5.56 Å². The molecule has 0 aliphatic rings. The summed E-state index contributed by atoms with van der Waals surface area (Å²) in [6.45, 7) is 6.44. The van der Waals surface area contributed by atoms with Crippen molar-refractivity contribution in [2.24, 2.45) is 5.92 Å². The quantitative estimate of drug-likeness (QED) is 0.304. The second kappa shape index (κ2) is 11.2. The van der Waals surface area contributed by atoms with Crippen LogP contribution in [0, 0.1) is 5.92 Å². The fourth-order valence-corrected chi connectivity index (χ4v) is 3.59. The number of aryl methyl sites for hydroxylation is 1. The molecule has 33 heavy (non-hydrogen) atoms. The number of halogens is 3. The van der Waals surface area contributed by atoms with Crippen molar-refractivity contribution in [2.45, 2.75) is 59.1 Å². The molecule has 3 rings (SSSR count). The average molecular weight is 457 g/mol. The summed E-state index contributed by atoms with van der Waals surface area (Å²) >= 11 is 0. The van der Waals surface area contributed by atoms with Gasteiger partial charge in [0.05, 0.1) is 0 Å². The van der Waals surface area contributed by atoms with Crippen molar-refractivity contribution in [2.75, 3.05) is 10.6 Å². The fraction of sp³-hybridized carbons (Fsp3) is 0.385. The number of rotatable bonds is 10. The summed E-state index contributed by atoms with van der Waals surface area (Å²) in [4.78, 5) is 8.05. The molecule has 0 saturated heterocycles. The lowest BCUT2D eigenvalue weighted by molar-refractivity contribution is -0.137. The number of benzene rings is 2. The predicted molar refractivity (Wildman–Crippen MR) is 128 cm³/mol. The molecule has 4 nitrogen and oxygen atoms in total. The molecular weight excluding hydrogens is 425 g/mol. The molecule has 0 spiro atoms. The summed E-state index contributed by atoms with van der Waals surface area (Å²) < 4.78 is 40.8. The first-order valence-electron chi connectivity index (χ1n) is 11.4. The van der Waals surface area contributed by atoms with Crippen molar-refractivity contribution in [3.8, 4) is 0 Å². The van der Waals surface area contributed by atoms with E-state index in [2.05, 4.69) is 41.4 Å². The Morgan fingerprint density at radius 2 is 1.67 bits per heavy atom. The first kappa shape index (κ1) is 24.6. The van der Waals surface area contributed by atoms with E-state index >= 15 is 0 Å². The molecule has 0 radical (unpaired) electrons. The second-order valence-corrected chi connectivity index (χ2v) is 8.66. The van der Waals surface area contributed by atoms with Crippen molar-refractivity contribution in [3.05, 3.63) is 71.4 Å². The van der Waals surface area contributed by atoms with Crippen LogP contribution in [0.5, 0.6) is 0 Å². The Labute approximate surface area is 193 Å². The lowest BCUT2D eigenvalue weighted by atomic mass is 10.0. The van der Waals surface area contributed by atoms with Crippen molar-refractivity contribution in [1.29, 1.82) is 0 Å². The number of anilines is 4. The SMILES string of the molecule is CCCCCc1cccc(Nc2nc(Nc3ccc(CC(C)C)cc3)ncc2C(F)(F)F)c1. The van der Waals surface area contributed by atoms with Crippen LogP contribution in [0.1, 0.15) is 56.7 Å². The molecule has 0 bridgehead atoms. The first-order valence-corrected chi connectivity index (χ1v) is 11.4. The van der Waals surface area contributed by atoms with Gasteiger partial charge in [-0.3, -0.25) is 0 Å². The smallest absolute Gasteiger partial charge is 0.340 e. The Bertz CT molecular complexity index is 1030. The van der Waals surface area contributed by atoms with Gasteiger partial charge in [-0.2, -0.15) is 18.2 Å². The number of unbranched alkanes of at least 4 members (excludes halogenated alkanes) is 2. The Morgan fingerprint density at radius 1 is 0.909 bits per heavy atom. The summed E-state index contributed by atoms with van der Waals surface area (Å²) in [6.07, 6.45) is 1.38. The molecule has 0 unspecified atom stereocenters. The second-order valence-electron chi connectivity index (χ2n) is 8.66. The van der Waals surface area contributed by atoms with Crippen molar-refractivity contribution in [3.63, 3.8) is 0 Å². The normalized spacial score (nSPS) is 11.6. The number of nitrogens with one attached hydrogen (secondary N) is 2. The van der Waals surface area contributed by atoms with Gasteiger partial charge in [-0.25, -0.2) is 4.98 Å². The van der Waals surface area contributed by atoms with Gasteiger partial charge in [-0.1, -0.05) is 57.9 Å². The summed E-state index contributed by atoms with van der Waals surface area (Å²) in [7, 11) is 0. The molecule has 2 N–H and O–H groups in total. The maximum atomic E-state index is 13.6. The highest BCUT2D eigenvalue weighted by atomic mass is 19.4. The van der Waals surface area contributed by atoms with E-state index in [1.807, 2.05) is 42.5 Å². The molecule has 7 heteroatoms. The number of aromatic nitrogens is 2. The van der Waals surface area contributed by atoms with Crippen molar-refractivity contribution in [1.82, 2.24) is 9.97 Å². The van der Waals surface area contributed by atoms with Crippen LogP contribution in [-0.4, -0.2) is 9.97 Å². The maximum Gasteiger partial charge on any atom is 0.421 e. The van der Waals surface area contributed by atoms with E-state index < -0.39 is 11.7 Å². The minimum absolute atomic E-state index is 0.0983.